The molecule has 1 rings (SSSR count). The van der Waals surface area contributed by atoms with Crippen LogP contribution in [0.2, 0.25) is 0 Å². The average molecular weight is 175 g/mol. The van der Waals surface area contributed by atoms with E-state index in [9.17, 15) is 8.42 Å². The van der Waals surface area contributed by atoms with E-state index < -0.39 is 9.84 Å². The van der Waals surface area contributed by atoms with Gasteiger partial charge in [-0.15, -0.1) is 10.2 Å². The number of hydrogen-bond acceptors (Lipinski definition) is 4. The van der Waals surface area contributed by atoms with Gasteiger partial charge in [0, 0.05) is 13.3 Å². The van der Waals surface area contributed by atoms with Gasteiger partial charge in [-0.1, -0.05) is 0 Å². The van der Waals surface area contributed by atoms with Crippen molar-refractivity contribution in [1.29, 1.82) is 0 Å². The first-order chi connectivity index (χ1) is 4.99. The molecule has 0 bridgehead atoms. The Labute approximate surface area is 65.0 Å². The van der Waals surface area contributed by atoms with Crippen molar-refractivity contribution >= 4 is 9.84 Å². The Bertz CT molecular complexity index is 340. The minimum atomic E-state index is -2.99. The Balaban J connectivity index is 2.89. The molecule has 0 aromatic carbocycles. The van der Waals surface area contributed by atoms with Crippen LogP contribution in [-0.2, 0) is 22.6 Å². The molecule has 0 aliphatic carbocycles. The fourth-order valence-corrected chi connectivity index (χ4v) is 1.40. The van der Waals surface area contributed by atoms with Crippen LogP contribution in [0.4, 0.5) is 0 Å². The summed E-state index contributed by atoms with van der Waals surface area (Å²) in [5.41, 5.74) is 0. The largest absolute Gasteiger partial charge is 0.320 e. The molecule has 1 aromatic heterocycles. The van der Waals surface area contributed by atoms with Crippen molar-refractivity contribution in [1.82, 2.24) is 14.8 Å². The van der Waals surface area contributed by atoms with Gasteiger partial charge in [0.15, 0.2) is 9.84 Å². The van der Waals surface area contributed by atoms with Crippen LogP contribution < -0.4 is 0 Å². The van der Waals surface area contributed by atoms with E-state index in [1.807, 2.05) is 0 Å². The first-order valence-corrected chi connectivity index (χ1v) is 5.06. The molecule has 6 heteroatoms. The summed E-state index contributed by atoms with van der Waals surface area (Å²) in [6, 6.07) is 0. The van der Waals surface area contributed by atoms with Gasteiger partial charge in [0.1, 0.15) is 17.9 Å². The summed E-state index contributed by atoms with van der Waals surface area (Å²) in [5.74, 6) is 0.413. The molecule has 1 heterocycles. The third-order valence-corrected chi connectivity index (χ3v) is 1.98. The van der Waals surface area contributed by atoms with Crippen LogP contribution in [0, 0.1) is 0 Å². The summed E-state index contributed by atoms with van der Waals surface area (Å²) in [6.45, 7) is 0. The van der Waals surface area contributed by atoms with Crippen LogP contribution in [0.25, 0.3) is 0 Å². The van der Waals surface area contributed by atoms with E-state index in [2.05, 4.69) is 10.2 Å². The monoisotopic (exact) mass is 175 g/mol. The lowest BCUT2D eigenvalue weighted by Gasteiger charge is -1.96. The summed E-state index contributed by atoms with van der Waals surface area (Å²) >= 11 is 0. The Morgan fingerprint density at radius 3 is 2.64 bits per heavy atom. The van der Waals surface area contributed by atoms with E-state index in [1.165, 1.54) is 12.6 Å². The summed E-state index contributed by atoms with van der Waals surface area (Å²) in [4.78, 5) is 0. The number of hydrogen-bond donors (Lipinski definition) is 0. The van der Waals surface area contributed by atoms with E-state index in [1.54, 1.807) is 11.6 Å². The highest BCUT2D eigenvalue weighted by Crippen LogP contribution is 1.97. The van der Waals surface area contributed by atoms with Crippen molar-refractivity contribution in [2.45, 2.75) is 5.75 Å². The van der Waals surface area contributed by atoms with Gasteiger partial charge < -0.3 is 4.57 Å². The van der Waals surface area contributed by atoms with Gasteiger partial charge >= 0.3 is 0 Å². The molecule has 0 saturated carbocycles. The van der Waals surface area contributed by atoms with E-state index in [0.29, 0.717) is 5.82 Å². The van der Waals surface area contributed by atoms with Crippen LogP contribution in [0.3, 0.4) is 0 Å². The molecule has 0 amide bonds. The average Bonchev–Trinajstić information content (AvgIpc) is 2.12. The molecule has 0 radical (unpaired) electrons. The van der Waals surface area contributed by atoms with Crippen LogP contribution >= 0.6 is 0 Å². The third-order valence-electron chi connectivity index (χ3n) is 1.20. The summed E-state index contributed by atoms with van der Waals surface area (Å²) in [5, 5.41) is 7.19. The lowest BCUT2D eigenvalue weighted by atomic mass is 10.7. The molecular formula is C5H9N3O2S. The minimum Gasteiger partial charge on any atom is -0.320 e. The standard InChI is InChI=1S/C5H9N3O2S/c1-8-4-6-7-5(8)3-11(2,9)10/h4H,3H2,1-2H3. The fourth-order valence-electron chi connectivity index (χ4n) is 0.672. The molecular weight excluding hydrogens is 166 g/mol. The van der Waals surface area contributed by atoms with Crippen LogP contribution in [-0.4, -0.2) is 29.4 Å². The second-order valence-corrected chi connectivity index (χ2v) is 4.57. The molecule has 0 fully saturated rings. The van der Waals surface area contributed by atoms with Crippen molar-refractivity contribution < 1.29 is 8.42 Å². The molecule has 0 aliphatic heterocycles. The van der Waals surface area contributed by atoms with E-state index in [4.69, 9.17) is 0 Å². The lowest BCUT2D eigenvalue weighted by Crippen LogP contribution is -2.06. The summed E-state index contributed by atoms with van der Waals surface area (Å²) in [7, 11) is -1.28. The zero-order chi connectivity index (χ0) is 8.48. The Kier molecular flexibility index (Phi) is 1.95. The Morgan fingerprint density at radius 1 is 1.64 bits per heavy atom. The van der Waals surface area contributed by atoms with Crippen LogP contribution in [0.5, 0.6) is 0 Å². The Morgan fingerprint density at radius 2 is 2.27 bits per heavy atom. The first-order valence-electron chi connectivity index (χ1n) is 2.99. The molecule has 0 N–H and O–H groups in total. The summed E-state index contributed by atoms with van der Waals surface area (Å²) < 4.78 is 23.1. The molecule has 62 valence electrons. The summed E-state index contributed by atoms with van der Waals surface area (Å²) in [6.07, 6.45) is 2.64. The smallest absolute Gasteiger partial charge is 0.154 e. The number of sulfone groups is 1. The molecule has 0 aliphatic rings. The van der Waals surface area contributed by atoms with Gasteiger partial charge in [0.2, 0.25) is 0 Å². The van der Waals surface area contributed by atoms with Crippen molar-refractivity contribution in [3.05, 3.63) is 12.2 Å². The molecule has 5 nitrogen and oxygen atoms in total. The second-order valence-electron chi connectivity index (χ2n) is 2.43. The maximum atomic E-state index is 10.8. The van der Waals surface area contributed by atoms with Gasteiger partial charge in [-0.25, -0.2) is 8.42 Å². The van der Waals surface area contributed by atoms with Gasteiger partial charge in [0.05, 0.1) is 0 Å². The van der Waals surface area contributed by atoms with Gasteiger partial charge in [-0.2, -0.15) is 0 Å². The second kappa shape index (κ2) is 2.61. The molecule has 0 saturated heterocycles. The quantitative estimate of drug-likeness (QED) is 0.599. The first kappa shape index (κ1) is 8.19. The Hall–Kier alpha value is -0.910. The van der Waals surface area contributed by atoms with Crippen molar-refractivity contribution in [2.24, 2.45) is 7.05 Å². The predicted molar refractivity (Wildman–Crippen MR) is 39.6 cm³/mol. The van der Waals surface area contributed by atoms with Crippen LogP contribution in [0.1, 0.15) is 5.82 Å². The predicted octanol–water partition coefficient (Wildman–Crippen LogP) is -0.640. The minimum absolute atomic E-state index is 0.0521. The highest BCUT2D eigenvalue weighted by Gasteiger charge is 2.08. The van der Waals surface area contributed by atoms with Crippen molar-refractivity contribution in [3.8, 4) is 0 Å². The van der Waals surface area contributed by atoms with E-state index in [-0.39, 0.29) is 5.75 Å². The maximum absolute atomic E-state index is 10.8. The lowest BCUT2D eigenvalue weighted by molar-refractivity contribution is 0.598. The third kappa shape index (κ3) is 2.30. The van der Waals surface area contributed by atoms with Gasteiger partial charge in [0.25, 0.3) is 0 Å². The van der Waals surface area contributed by atoms with Crippen molar-refractivity contribution in [3.63, 3.8) is 0 Å². The van der Waals surface area contributed by atoms with Gasteiger partial charge in [-0.3, -0.25) is 0 Å². The van der Waals surface area contributed by atoms with Crippen molar-refractivity contribution in [2.75, 3.05) is 6.26 Å². The maximum Gasteiger partial charge on any atom is 0.154 e. The zero-order valence-corrected chi connectivity index (χ0v) is 7.17. The SMILES string of the molecule is Cn1cnnc1CS(C)(=O)=O. The van der Waals surface area contributed by atoms with E-state index in [0.717, 1.165) is 0 Å². The number of rotatable bonds is 2. The molecule has 0 spiro atoms. The zero-order valence-electron chi connectivity index (χ0n) is 6.35. The van der Waals surface area contributed by atoms with Crippen LogP contribution in [0.15, 0.2) is 6.33 Å². The molecule has 0 atom stereocenters. The molecule has 11 heavy (non-hydrogen) atoms. The number of aryl methyl sites for hydroxylation is 1. The molecule has 1 aromatic rings. The highest BCUT2D eigenvalue weighted by atomic mass is 32.2. The fraction of sp³-hybridized carbons (Fsp3) is 0.600. The molecule has 0 unspecified atom stereocenters. The number of nitrogens with zero attached hydrogens (tertiary/aromatic N) is 3. The highest BCUT2D eigenvalue weighted by molar-refractivity contribution is 7.89. The normalized spacial score (nSPS) is 11.8. The van der Waals surface area contributed by atoms with E-state index >= 15 is 0 Å². The topological polar surface area (TPSA) is 64.8 Å². The van der Waals surface area contributed by atoms with Gasteiger partial charge in [-0.05, 0) is 0 Å². The number of aromatic nitrogens is 3.